The first-order valence-electron chi connectivity index (χ1n) is 4.94. The third-order valence-corrected chi connectivity index (χ3v) is 2.22. The Morgan fingerprint density at radius 2 is 2.06 bits per heavy atom. The maximum absolute atomic E-state index is 11.7. The number of carboxylic acid groups (broad SMARTS) is 1. The summed E-state index contributed by atoms with van der Waals surface area (Å²) < 4.78 is 0. The first-order chi connectivity index (χ1) is 7.56. The van der Waals surface area contributed by atoms with Crippen LogP contribution in [-0.4, -0.2) is 23.0 Å². The van der Waals surface area contributed by atoms with Crippen molar-refractivity contribution in [1.29, 1.82) is 0 Å². The molecule has 0 aromatic heterocycles. The van der Waals surface area contributed by atoms with E-state index in [9.17, 15) is 9.59 Å². The number of benzene rings is 1. The summed E-state index contributed by atoms with van der Waals surface area (Å²) in [7, 11) is 0. The topological polar surface area (TPSA) is 92.4 Å². The van der Waals surface area contributed by atoms with Crippen molar-refractivity contribution in [1.82, 2.24) is 5.32 Å². The predicted octanol–water partition coefficient (Wildman–Crippen LogP) is 0.862. The Hall–Kier alpha value is -2.04. The Labute approximate surface area is 93.3 Å². The summed E-state index contributed by atoms with van der Waals surface area (Å²) in [6.45, 7) is 1.69. The number of aliphatic carboxylic acids is 1. The van der Waals surface area contributed by atoms with Crippen molar-refractivity contribution in [3.05, 3.63) is 29.8 Å². The number of nitrogens with two attached hydrogens (primary N) is 1. The van der Waals surface area contributed by atoms with Gasteiger partial charge in [0.15, 0.2) is 0 Å². The van der Waals surface area contributed by atoms with Gasteiger partial charge in [-0.15, -0.1) is 0 Å². The molecular formula is C11H14N2O3. The first-order valence-corrected chi connectivity index (χ1v) is 4.94. The number of amides is 1. The zero-order valence-corrected chi connectivity index (χ0v) is 8.93. The lowest BCUT2D eigenvalue weighted by atomic mass is 10.1. The summed E-state index contributed by atoms with van der Waals surface area (Å²) in [6, 6.07) is 5.65. The average Bonchev–Trinajstić information content (AvgIpc) is 2.25. The number of para-hydroxylation sites is 1. The largest absolute Gasteiger partial charge is 0.480 e. The summed E-state index contributed by atoms with van der Waals surface area (Å²) in [5, 5.41) is 11.2. The molecular weight excluding hydrogens is 208 g/mol. The van der Waals surface area contributed by atoms with Gasteiger partial charge in [0.05, 0.1) is 5.56 Å². The molecule has 1 unspecified atom stereocenters. The molecule has 86 valence electrons. The maximum atomic E-state index is 11.7. The Bertz CT molecular complexity index is 404. The van der Waals surface area contributed by atoms with Gasteiger partial charge in [-0.25, -0.2) is 4.79 Å². The van der Waals surface area contributed by atoms with Gasteiger partial charge in [-0.3, -0.25) is 4.79 Å². The van der Waals surface area contributed by atoms with Crippen molar-refractivity contribution < 1.29 is 14.7 Å². The molecule has 0 heterocycles. The highest BCUT2D eigenvalue weighted by Crippen LogP contribution is 2.10. The van der Waals surface area contributed by atoms with Crippen LogP contribution in [0.25, 0.3) is 0 Å². The summed E-state index contributed by atoms with van der Waals surface area (Å²) >= 11 is 0. The minimum Gasteiger partial charge on any atom is -0.480 e. The van der Waals surface area contributed by atoms with E-state index in [2.05, 4.69) is 5.32 Å². The van der Waals surface area contributed by atoms with E-state index in [0.717, 1.165) is 0 Å². The average molecular weight is 222 g/mol. The van der Waals surface area contributed by atoms with E-state index in [0.29, 0.717) is 17.7 Å². The molecule has 0 aliphatic rings. The predicted molar refractivity (Wildman–Crippen MR) is 60.0 cm³/mol. The van der Waals surface area contributed by atoms with Crippen LogP contribution in [0, 0.1) is 0 Å². The Morgan fingerprint density at radius 3 is 2.56 bits per heavy atom. The zero-order chi connectivity index (χ0) is 12.1. The van der Waals surface area contributed by atoms with Gasteiger partial charge in [-0.2, -0.15) is 0 Å². The number of nitrogen functional groups attached to an aromatic ring is 1. The van der Waals surface area contributed by atoms with Crippen LogP contribution in [0.2, 0.25) is 0 Å². The molecule has 0 spiro atoms. The minimum absolute atomic E-state index is 0.294. The summed E-state index contributed by atoms with van der Waals surface area (Å²) in [5.41, 5.74) is 6.23. The number of hydrogen-bond acceptors (Lipinski definition) is 3. The fourth-order valence-corrected chi connectivity index (χ4v) is 1.28. The summed E-state index contributed by atoms with van der Waals surface area (Å²) in [5.74, 6) is -1.52. The quantitative estimate of drug-likeness (QED) is 0.659. The molecule has 0 bridgehead atoms. The van der Waals surface area contributed by atoms with Gasteiger partial charge in [0.25, 0.3) is 5.91 Å². The molecule has 1 aromatic rings. The lowest BCUT2D eigenvalue weighted by Gasteiger charge is -2.13. The number of hydrogen-bond donors (Lipinski definition) is 3. The number of anilines is 1. The second kappa shape index (κ2) is 5.16. The smallest absolute Gasteiger partial charge is 0.326 e. The molecule has 5 nitrogen and oxygen atoms in total. The molecule has 0 saturated heterocycles. The lowest BCUT2D eigenvalue weighted by molar-refractivity contribution is -0.139. The third kappa shape index (κ3) is 2.73. The van der Waals surface area contributed by atoms with Gasteiger partial charge in [-0.05, 0) is 18.6 Å². The van der Waals surface area contributed by atoms with Crippen LogP contribution in [0.4, 0.5) is 5.69 Å². The Kier molecular flexibility index (Phi) is 3.88. The van der Waals surface area contributed by atoms with Crippen LogP contribution in [-0.2, 0) is 4.79 Å². The number of nitrogens with one attached hydrogen (secondary N) is 1. The molecule has 1 amide bonds. The molecule has 1 aromatic carbocycles. The number of carbonyl (C=O) groups excluding carboxylic acids is 1. The van der Waals surface area contributed by atoms with Crippen LogP contribution in [0.5, 0.6) is 0 Å². The molecule has 0 saturated carbocycles. The highest BCUT2D eigenvalue weighted by Gasteiger charge is 2.19. The number of rotatable bonds is 4. The highest BCUT2D eigenvalue weighted by molar-refractivity contribution is 6.00. The minimum atomic E-state index is -1.05. The normalized spacial score (nSPS) is 11.8. The van der Waals surface area contributed by atoms with Crippen LogP contribution < -0.4 is 11.1 Å². The Balaban J connectivity index is 2.80. The Morgan fingerprint density at radius 1 is 1.44 bits per heavy atom. The summed E-state index contributed by atoms with van der Waals surface area (Å²) in [6.07, 6.45) is 0.327. The molecule has 1 rings (SSSR count). The SMILES string of the molecule is CCC(NC(=O)c1ccccc1N)C(=O)O. The molecule has 16 heavy (non-hydrogen) atoms. The van der Waals surface area contributed by atoms with E-state index in [1.54, 1.807) is 31.2 Å². The molecule has 0 aliphatic heterocycles. The molecule has 4 N–H and O–H groups in total. The highest BCUT2D eigenvalue weighted by atomic mass is 16.4. The van der Waals surface area contributed by atoms with Gasteiger partial charge in [0, 0.05) is 5.69 Å². The van der Waals surface area contributed by atoms with Gasteiger partial charge in [0.2, 0.25) is 0 Å². The fraction of sp³-hybridized carbons (Fsp3) is 0.273. The van der Waals surface area contributed by atoms with Crippen molar-refractivity contribution in [3.63, 3.8) is 0 Å². The van der Waals surface area contributed by atoms with E-state index in [4.69, 9.17) is 10.8 Å². The number of carbonyl (C=O) groups is 2. The first kappa shape index (κ1) is 12.0. The second-order valence-corrected chi connectivity index (χ2v) is 3.36. The standard InChI is InChI=1S/C11H14N2O3/c1-2-9(11(15)16)13-10(14)7-5-3-4-6-8(7)12/h3-6,9H,2,12H2,1H3,(H,13,14)(H,15,16). The van der Waals surface area contributed by atoms with E-state index in [1.165, 1.54) is 0 Å². The van der Waals surface area contributed by atoms with E-state index < -0.39 is 17.9 Å². The zero-order valence-electron chi connectivity index (χ0n) is 8.93. The summed E-state index contributed by atoms with van der Waals surface area (Å²) in [4.78, 5) is 22.4. The van der Waals surface area contributed by atoms with Gasteiger partial charge < -0.3 is 16.2 Å². The van der Waals surface area contributed by atoms with E-state index in [1.807, 2.05) is 0 Å². The van der Waals surface area contributed by atoms with Crippen LogP contribution in [0.15, 0.2) is 24.3 Å². The van der Waals surface area contributed by atoms with Gasteiger partial charge in [-0.1, -0.05) is 19.1 Å². The molecule has 0 aliphatic carbocycles. The van der Waals surface area contributed by atoms with Crippen LogP contribution >= 0.6 is 0 Å². The number of carboxylic acids is 1. The van der Waals surface area contributed by atoms with Crippen LogP contribution in [0.1, 0.15) is 23.7 Å². The lowest BCUT2D eigenvalue weighted by Crippen LogP contribution is -2.40. The monoisotopic (exact) mass is 222 g/mol. The van der Waals surface area contributed by atoms with Gasteiger partial charge >= 0.3 is 5.97 Å². The van der Waals surface area contributed by atoms with Crippen molar-refractivity contribution in [2.45, 2.75) is 19.4 Å². The fourth-order valence-electron chi connectivity index (χ4n) is 1.28. The van der Waals surface area contributed by atoms with E-state index >= 15 is 0 Å². The maximum Gasteiger partial charge on any atom is 0.326 e. The van der Waals surface area contributed by atoms with Crippen molar-refractivity contribution >= 4 is 17.6 Å². The molecule has 0 radical (unpaired) electrons. The molecule has 1 atom stereocenters. The van der Waals surface area contributed by atoms with Crippen molar-refractivity contribution in [3.8, 4) is 0 Å². The molecule has 0 fully saturated rings. The van der Waals surface area contributed by atoms with E-state index in [-0.39, 0.29) is 0 Å². The second-order valence-electron chi connectivity index (χ2n) is 3.36. The molecule has 5 heteroatoms. The van der Waals surface area contributed by atoms with Gasteiger partial charge in [0.1, 0.15) is 6.04 Å². The van der Waals surface area contributed by atoms with Crippen molar-refractivity contribution in [2.75, 3.05) is 5.73 Å². The third-order valence-electron chi connectivity index (χ3n) is 2.22. The van der Waals surface area contributed by atoms with Crippen LogP contribution in [0.3, 0.4) is 0 Å². The van der Waals surface area contributed by atoms with Crippen molar-refractivity contribution in [2.24, 2.45) is 0 Å².